The lowest BCUT2D eigenvalue weighted by Gasteiger charge is -2.36. The highest BCUT2D eigenvalue weighted by molar-refractivity contribution is 5.97. The summed E-state index contributed by atoms with van der Waals surface area (Å²) in [5, 5.41) is 9.47. The minimum absolute atomic E-state index is 0.146. The molecule has 0 aliphatic carbocycles. The number of hydrogen-bond donors (Lipinski definition) is 0. The minimum atomic E-state index is -0.146. The summed E-state index contributed by atoms with van der Waals surface area (Å²) in [7, 11) is 8.05. The molecule has 134 valence electrons. The van der Waals surface area contributed by atoms with Gasteiger partial charge in [0.25, 0.3) is 5.91 Å². The molecule has 1 amide bonds. The molecule has 0 spiro atoms. The van der Waals surface area contributed by atoms with E-state index in [0.717, 1.165) is 51.9 Å². The topological polar surface area (TPSA) is 53.8 Å². The van der Waals surface area contributed by atoms with Crippen LogP contribution in [0.3, 0.4) is 0 Å². The van der Waals surface area contributed by atoms with Gasteiger partial charge in [-0.3, -0.25) is 4.79 Å². The van der Waals surface area contributed by atoms with Gasteiger partial charge in [-0.2, -0.15) is 5.26 Å². The highest BCUT2D eigenvalue weighted by Gasteiger charge is 2.27. The van der Waals surface area contributed by atoms with Gasteiger partial charge in [-0.15, -0.1) is 0 Å². The van der Waals surface area contributed by atoms with Crippen LogP contribution in [0.4, 0.5) is 0 Å². The van der Waals surface area contributed by atoms with E-state index in [1.165, 1.54) is 0 Å². The van der Waals surface area contributed by atoms with Crippen molar-refractivity contribution in [2.75, 3.05) is 54.4 Å². The Balaban J connectivity index is 1.98. The number of piperidine rings is 2. The highest BCUT2D eigenvalue weighted by Crippen LogP contribution is 2.18. The standard InChI is InChI=1S/C18H31N5O/c1-20-9-5-16(6-10-20)22(3)14-15(13-19)18(24)23(4)17-7-11-21(2)12-8-17/h14,16-17H,5-12H2,1-4H3/b15-14-. The molecule has 2 fully saturated rings. The Morgan fingerprint density at radius 1 is 1.00 bits per heavy atom. The molecule has 0 atom stereocenters. The first-order chi connectivity index (χ1) is 11.4. The molecule has 2 rings (SSSR count). The number of likely N-dealkylation sites (tertiary alicyclic amines) is 2. The molecule has 2 heterocycles. The van der Waals surface area contributed by atoms with Crippen molar-refractivity contribution in [1.82, 2.24) is 19.6 Å². The first-order valence-corrected chi connectivity index (χ1v) is 8.90. The predicted molar refractivity (Wildman–Crippen MR) is 95.3 cm³/mol. The fourth-order valence-electron chi connectivity index (χ4n) is 3.58. The van der Waals surface area contributed by atoms with Crippen LogP contribution in [0, 0.1) is 11.3 Å². The maximum atomic E-state index is 12.7. The minimum Gasteiger partial charge on any atom is -0.376 e. The second kappa shape index (κ2) is 8.50. The van der Waals surface area contributed by atoms with Crippen molar-refractivity contribution in [3.05, 3.63) is 11.8 Å². The fourth-order valence-corrected chi connectivity index (χ4v) is 3.58. The van der Waals surface area contributed by atoms with Crippen molar-refractivity contribution in [3.63, 3.8) is 0 Å². The number of likely N-dealkylation sites (N-methyl/N-ethyl adjacent to an activating group) is 1. The Hall–Kier alpha value is -1.58. The molecule has 24 heavy (non-hydrogen) atoms. The molecule has 6 nitrogen and oxygen atoms in total. The average Bonchev–Trinajstić information content (AvgIpc) is 2.59. The van der Waals surface area contributed by atoms with Gasteiger partial charge in [0.05, 0.1) is 0 Å². The van der Waals surface area contributed by atoms with Crippen LogP contribution >= 0.6 is 0 Å². The SMILES string of the molecule is CN1CCC(N(C)/C=C(/C#N)C(=O)N(C)C2CCN(C)CC2)CC1. The molecule has 0 unspecified atom stereocenters. The van der Waals surface area contributed by atoms with E-state index >= 15 is 0 Å². The van der Waals surface area contributed by atoms with Gasteiger partial charge in [0.15, 0.2) is 0 Å². The molecule has 0 bridgehead atoms. The van der Waals surface area contributed by atoms with Gasteiger partial charge in [-0.05, 0) is 66.0 Å². The van der Waals surface area contributed by atoms with E-state index in [4.69, 9.17) is 0 Å². The van der Waals surface area contributed by atoms with Gasteiger partial charge in [0.2, 0.25) is 0 Å². The summed E-state index contributed by atoms with van der Waals surface area (Å²) in [5.74, 6) is -0.146. The molecule has 0 aromatic carbocycles. The largest absolute Gasteiger partial charge is 0.376 e. The summed E-state index contributed by atoms with van der Waals surface area (Å²) >= 11 is 0. The molecule has 2 aliphatic heterocycles. The molecular formula is C18H31N5O. The molecule has 0 aromatic heterocycles. The lowest BCUT2D eigenvalue weighted by molar-refractivity contribution is -0.128. The van der Waals surface area contributed by atoms with Gasteiger partial charge in [-0.1, -0.05) is 0 Å². The van der Waals surface area contributed by atoms with Gasteiger partial charge < -0.3 is 19.6 Å². The molecule has 0 aromatic rings. The molecule has 6 heteroatoms. The number of nitriles is 1. The van der Waals surface area contributed by atoms with Crippen LogP contribution < -0.4 is 0 Å². The summed E-state index contributed by atoms with van der Waals surface area (Å²) in [4.78, 5) is 21.1. The predicted octanol–water partition coefficient (Wildman–Crippen LogP) is 0.972. The van der Waals surface area contributed by atoms with Crippen molar-refractivity contribution >= 4 is 5.91 Å². The summed E-state index contributed by atoms with van der Waals surface area (Å²) in [6.45, 7) is 4.13. The van der Waals surface area contributed by atoms with E-state index in [1.54, 1.807) is 11.1 Å². The van der Waals surface area contributed by atoms with Crippen LogP contribution in [-0.4, -0.2) is 92.0 Å². The van der Waals surface area contributed by atoms with Crippen LogP contribution in [0.25, 0.3) is 0 Å². The Morgan fingerprint density at radius 2 is 1.46 bits per heavy atom. The number of carbonyl (C=O) groups is 1. The summed E-state index contributed by atoms with van der Waals surface area (Å²) < 4.78 is 0. The zero-order valence-corrected chi connectivity index (χ0v) is 15.5. The summed E-state index contributed by atoms with van der Waals surface area (Å²) in [6.07, 6.45) is 5.84. The van der Waals surface area contributed by atoms with Crippen LogP contribution in [0.5, 0.6) is 0 Å². The first kappa shape index (κ1) is 18.8. The molecule has 2 aliphatic rings. The third-order valence-electron chi connectivity index (χ3n) is 5.50. The van der Waals surface area contributed by atoms with Crippen LogP contribution in [0.2, 0.25) is 0 Å². The number of rotatable bonds is 4. The maximum Gasteiger partial charge on any atom is 0.265 e. The van der Waals surface area contributed by atoms with Crippen molar-refractivity contribution in [3.8, 4) is 6.07 Å². The van der Waals surface area contributed by atoms with E-state index in [9.17, 15) is 10.1 Å². The van der Waals surface area contributed by atoms with Gasteiger partial charge >= 0.3 is 0 Å². The summed E-state index contributed by atoms with van der Waals surface area (Å²) in [5.41, 5.74) is 0.248. The van der Waals surface area contributed by atoms with E-state index in [-0.39, 0.29) is 17.5 Å². The second-order valence-electron chi connectivity index (χ2n) is 7.31. The monoisotopic (exact) mass is 333 g/mol. The van der Waals surface area contributed by atoms with Crippen molar-refractivity contribution in [2.24, 2.45) is 0 Å². The highest BCUT2D eigenvalue weighted by atomic mass is 16.2. The number of amides is 1. The zero-order valence-electron chi connectivity index (χ0n) is 15.5. The Bertz CT molecular complexity index is 496. The van der Waals surface area contributed by atoms with Gasteiger partial charge in [0.1, 0.15) is 11.6 Å². The summed E-state index contributed by atoms with van der Waals surface area (Å²) in [6, 6.07) is 2.76. The number of hydrogen-bond acceptors (Lipinski definition) is 5. The van der Waals surface area contributed by atoms with E-state index in [2.05, 4.69) is 34.9 Å². The maximum absolute atomic E-state index is 12.7. The second-order valence-corrected chi connectivity index (χ2v) is 7.31. The molecule has 0 N–H and O–H groups in total. The smallest absolute Gasteiger partial charge is 0.265 e. The molecule has 2 saturated heterocycles. The van der Waals surface area contributed by atoms with Crippen molar-refractivity contribution in [1.29, 1.82) is 5.26 Å². The Labute approximate surface area is 146 Å². The van der Waals surface area contributed by atoms with Gasteiger partial charge in [-0.25, -0.2) is 0 Å². The fraction of sp³-hybridized carbons (Fsp3) is 0.778. The van der Waals surface area contributed by atoms with E-state index < -0.39 is 0 Å². The third kappa shape index (κ3) is 4.71. The molecular weight excluding hydrogens is 302 g/mol. The molecule has 0 saturated carbocycles. The Morgan fingerprint density at radius 3 is 1.92 bits per heavy atom. The number of nitrogens with zero attached hydrogens (tertiary/aromatic N) is 5. The van der Waals surface area contributed by atoms with Gasteiger partial charge in [0, 0.05) is 32.4 Å². The number of carbonyl (C=O) groups excluding carboxylic acids is 1. The Kier molecular flexibility index (Phi) is 6.64. The normalized spacial score (nSPS) is 22.2. The lowest BCUT2D eigenvalue weighted by atomic mass is 10.0. The quantitative estimate of drug-likeness (QED) is 0.567. The lowest BCUT2D eigenvalue weighted by Crippen LogP contribution is -2.45. The van der Waals surface area contributed by atoms with E-state index in [1.807, 2.05) is 14.1 Å². The zero-order chi connectivity index (χ0) is 17.7. The van der Waals surface area contributed by atoms with Crippen LogP contribution in [0.15, 0.2) is 11.8 Å². The van der Waals surface area contributed by atoms with Crippen LogP contribution in [0.1, 0.15) is 25.7 Å². The molecule has 0 radical (unpaired) electrons. The average molecular weight is 333 g/mol. The van der Waals surface area contributed by atoms with Crippen LogP contribution in [-0.2, 0) is 4.79 Å². The first-order valence-electron chi connectivity index (χ1n) is 8.90. The van der Waals surface area contributed by atoms with Crippen molar-refractivity contribution < 1.29 is 4.79 Å². The third-order valence-corrected chi connectivity index (χ3v) is 5.50. The van der Waals surface area contributed by atoms with Crippen molar-refractivity contribution in [2.45, 2.75) is 37.8 Å². The van der Waals surface area contributed by atoms with E-state index in [0.29, 0.717) is 6.04 Å².